The van der Waals surface area contributed by atoms with Crippen molar-refractivity contribution in [1.82, 2.24) is 0 Å². The minimum absolute atomic E-state index is 0.343. The van der Waals surface area contributed by atoms with Crippen LogP contribution in [0.25, 0.3) is 11.1 Å². The summed E-state index contributed by atoms with van der Waals surface area (Å²) in [5.41, 5.74) is 9.28. The molecule has 4 aliphatic rings. The third-order valence-electron chi connectivity index (χ3n) is 4.42. The minimum atomic E-state index is 0.343. The molecule has 0 aromatic rings. The Bertz CT molecular complexity index is 651. The van der Waals surface area contributed by atoms with Crippen LogP contribution in [0.15, 0.2) is 18.2 Å². The molecule has 0 heterocycles. The highest BCUT2D eigenvalue weighted by atomic mass is 16.1. The van der Waals surface area contributed by atoms with Crippen molar-refractivity contribution >= 4 is 5.78 Å². The summed E-state index contributed by atoms with van der Waals surface area (Å²) in [6, 6.07) is 6.79. The number of rotatable bonds is 0. The van der Waals surface area contributed by atoms with Gasteiger partial charge in [-0.15, -0.1) is 0 Å². The molecule has 0 radical (unpaired) electrons. The number of carbonyl (C=O) groups excluding carboxylic acids is 1. The first kappa shape index (κ1) is 10.3. The summed E-state index contributed by atoms with van der Waals surface area (Å²) in [4.78, 5) is 12.1. The van der Waals surface area contributed by atoms with E-state index in [2.05, 4.69) is 25.1 Å². The van der Waals surface area contributed by atoms with E-state index in [1.165, 1.54) is 39.8 Å². The summed E-state index contributed by atoms with van der Waals surface area (Å²) < 4.78 is 0. The highest BCUT2D eigenvalue weighted by Gasteiger charge is 2.29. The number of Topliss-reactive ketones (excluding diaryl/α,β-unsaturated/α-hetero) is 1. The lowest BCUT2D eigenvalue weighted by atomic mass is 9.86. The molecule has 0 N–H and O–H groups in total. The van der Waals surface area contributed by atoms with Gasteiger partial charge in [0.2, 0.25) is 0 Å². The fourth-order valence-corrected chi connectivity index (χ4v) is 3.71. The van der Waals surface area contributed by atoms with Crippen LogP contribution in [0, 0.1) is 6.92 Å². The Hall–Kier alpha value is -1.63. The summed E-state index contributed by atoms with van der Waals surface area (Å²) in [7, 11) is 0. The molecule has 0 spiro atoms. The van der Waals surface area contributed by atoms with Crippen molar-refractivity contribution in [2.45, 2.75) is 39.0 Å². The van der Waals surface area contributed by atoms with E-state index in [4.69, 9.17) is 0 Å². The van der Waals surface area contributed by atoms with Crippen LogP contribution in [0.5, 0.6) is 0 Å². The van der Waals surface area contributed by atoms with Crippen molar-refractivity contribution in [3.8, 4) is 11.1 Å². The standard InChI is InChI=1S/C17H16O/c1-10-7-11-3-2-4-12-9-14-15(18)6-5-13(8-10)17(14)16(11)12/h7-9H,2-6H2,1H3. The third kappa shape index (κ3) is 1.25. The van der Waals surface area contributed by atoms with Gasteiger partial charge in [0.25, 0.3) is 0 Å². The molecule has 90 valence electrons. The van der Waals surface area contributed by atoms with Gasteiger partial charge in [-0.3, -0.25) is 4.79 Å². The molecule has 0 saturated carbocycles. The van der Waals surface area contributed by atoms with E-state index in [0.717, 1.165) is 24.8 Å². The van der Waals surface area contributed by atoms with E-state index in [1.54, 1.807) is 0 Å². The average molecular weight is 236 g/mol. The highest BCUT2D eigenvalue weighted by Crippen LogP contribution is 2.44. The Kier molecular flexibility index (Phi) is 1.97. The van der Waals surface area contributed by atoms with E-state index in [0.29, 0.717) is 12.2 Å². The zero-order valence-electron chi connectivity index (χ0n) is 10.7. The number of hydrogen-bond donors (Lipinski definition) is 0. The van der Waals surface area contributed by atoms with Crippen LogP contribution in [-0.2, 0) is 19.3 Å². The second-order valence-electron chi connectivity index (χ2n) is 5.69. The summed E-state index contributed by atoms with van der Waals surface area (Å²) in [6.07, 6.45) is 5.12. The zero-order valence-corrected chi connectivity index (χ0v) is 10.7. The number of carbonyl (C=O) groups is 1. The van der Waals surface area contributed by atoms with E-state index < -0.39 is 0 Å². The molecule has 0 aromatic carbocycles. The number of aryl methyl sites for hydroxylation is 4. The van der Waals surface area contributed by atoms with Crippen LogP contribution >= 0.6 is 0 Å². The molecule has 4 rings (SSSR count). The fraction of sp³-hybridized carbons (Fsp3) is 0.353. The highest BCUT2D eigenvalue weighted by molar-refractivity contribution is 6.07. The van der Waals surface area contributed by atoms with Gasteiger partial charge in [0.05, 0.1) is 0 Å². The van der Waals surface area contributed by atoms with Crippen LogP contribution in [0.3, 0.4) is 0 Å². The molecule has 0 bridgehead atoms. The van der Waals surface area contributed by atoms with E-state index in [-0.39, 0.29) is 0 Å². The van der Waals surface area contributed by atoms with Gasteiger partial charge >= 0.3 is 0 Å². The lowest BCUT2D eigenvalue weighted by Gasteiger charge is -2.17. The van der Waals surface area contributed by atoms with Crippen molar-refractivity contribution in [1.29, 1.82) is 0 Å². The number of ketones is 1. The van der Waals surface area contributed by atoms with Gasteiger partial charge in [-0.05, 0) is 66.5 Å². The van der Waals surface area contributed by atoms with Crippen molar-refractivity contribution < 1.29 is 4.79 Å². The molecule has 18 heavy (non-hydrogen) atoms. The molecular formula is C17H16O. The summed E-state index contributed by atoms with van der Waals surface area (Å²) >= 11 is 0. The lowest BCUT2D eigenvalue weighted by Crippen LogP contribution is -2.08. The molecule has 0 aliphatic heterocycles. The molecule has 0 saturated heterocycles. The molecule has 1 heteroatoms. The van der Waals surface area contributed by atoms with Crippen molar-refractivity contribution in [2.75, 3.05) is 0 Å². The molecule has 0 unspecified atom stereocenters. The lowest BCUT2D eigenvalue weighted by molar-refractivity contribution is 0.0980. The van der Waals surface area contributed by atoms with Gasteiger partial charge < -0.3 is 0 Å². The Morgan fingerprint density at radius 1 is 0.833 bits per heavy atom. The zero-order chi connectivity index (χ0) is 12.3. The van der Waals surface area contributed by atoms with E-state index in [1.807, 2.05) is 0 Å². The molecule has 1 nitrogen and oxygen atoms in total. The quantitative estimate of drug-likeness (QED) is 0.681. The Morgan fingerprint density at radius 2 is 1.50 bits per heavy atom. The largest absolute Gasteiger partial charge is 0.294 e. The Labute approximate surface area is 107 Å². The monoisotopic (exact) mass is 236 g/mol. The van der Waals surface area contributed by atoms with Crippen molar-refractivity contribution in [2.24, 2.45) is 0 Å². The van der Waals surface area contributed by atoms with Gasteiger partial charge in [-0.2, -0.15) is 0 Å². The van der Waals surface area contributed by atoms with Gasteiger partial charge in [0.15, 0.2) is 5.78 Å². The maximum atomic E-state index is 12.1. The fourth-order valence-electron chi connectivity index (χ4n) is 3.71. The molecule has 4 aliphatic carbocycles. The molecular weight excluding hydrogens is 220 g/mol. The topological polar surface area (TPSA) is 17.1 Å². The van der Waals surface area contributed by atoms with Crippen LogP contribution < -0.4 is 0 Å². The van der Waals surface area contributed by atoms with Crippen molar-refractivity contribution in [3.05, 3.63) is 46.0 Å². The van der Waals surface area contributed by atoms with E-state index >= 15 is 0 Å². The van der Waals surface area contributed by atoms with Crippen LogP contribution in [-0.4, -0.2) is 5.78 Å². The average Bonchev–Trinajstić information content (AvgIpc) is 2.67. The summed E-state index contributed by atoms with van der Waals surface area (Å²) in [6.45, 7) is 2.18. The van der Waals surface area contributed by atoms with Gasteiger partial charge in [-0.1, -0.05) is 17.7 Å². The predicted molar refractivity (Wildman–Crippen MR) is 72.5 cm³/mol. The maximum absolute atomic E-state index is 12.1. The molecule has 0 fully saturated rings. The maximum Gasteiger partial charge on any atom is 0.163 e. The van der Waals surface area contributed by atoms with Crippen LogP contribution in [0.2, 0.25) is 0 Å². The first-order valence-corrected chi connectivity index (χ1v) is 6.85. The minimum Gasteiger partial charge on any atom is -0.294 e. The first-order valence-electron chi connectivity index (χ1n) is 6.85. The van der Waals surface area contributed by atoms with Gasteiger partial charge in [-0.25, -0.2) is 0 Å². The summed E-state index contributed by atoms with van der Waals surface area (Å²) in [5.74, 6) is 0.343. The smallest absolute Gasteiger partial charge is 0.163 e. The second-order valence-corrected chi connectivity index (χ2v) is 5.69. The first-order chi connectivity index (χ1) is 8.74. The molecule has 0 atom stereocenters. The van der Waals surface area contributed by atoms with Crippen molar-refractivity contribution in [3.63, 3.8) is 0 Å². The Morgan fingerprint density at radius 3 is 2.28 bits per heavy atom. The number of hydrogen-bond acceptors (Lipinski definition) is 1. The molecule has 0 aromatic heterocycles. The molecule has 0 amide bonds. The third-order valence-corrected chi connectivity index (χ3v) is 4.42. The van der Waals surface area contributed by atoms with Crippen LogP contribution in [0.4, 0.5) is 0 Å². The van der Waals surface area contributed by atoms with Gasteiger partial charge in [0, 0.05) is 12.0 Å². The van der Waals surface area contributed by atoms with Crippen LogP contribution in [0.1, 0.15) is 45.5 Å². The Balaban J connectivity index is 2.17. The predicted octanol–water partition coefficient (Wildman–Crippen LogP) is 3.72. The normalized spacial score (nSPS) is 17.3. The van der Waals surface area contributed by atoms with Gasteiger partial charge in [0.1, 0.15) is 0 Å². The SMILES string of the molecule is Cc1cc2c3c(cc4c-3c(c1)CCC4=O)CCC2. The summed E-state index contributed by atoms with van der Waals surface area (Å²) in [5, 5.41) is 0. The second kappa shape index (κ2) is 3.44. The van der Waals surface area contributed by atoms with E-state index in [9.17, 15) is 4.79 Å².